The predicted octanol–water partition coefficient (Wildman–Crippen LogP) is 1.60. The highest BCUT2D eigenvalue weighted by Crippen LogP contribution is 2.19. The average molecular weight is 279 g/mol. The van der Waals surface area contributed by atoms with Gasteiger partial charge in [-0.15, -0.1) is 0 Å². The minimum Gasteiger partial charge on any atom is -0.369 e. The van der Waals surface area contributed by atoms with Gasteiger partial charge in [0, 0.05) is 19.2 Å². The Morgan fingerprint density at radius 3 is 3.00 bits per heavy atom. The van der Waals surface area contributed by atoms with Crippen molar-refractivity contribution in [1.29, 1.82) is 0 Å². The number of pyridine rings is 1. The third-order valence-electron chi connectivity index (χ3n) is 2.70. The van der Waals surface area contributed by atoms with Crippen molar-refractivity contribution < 1.29 is 4.52 Å². The lowest BCUT2D eigenvalue weighted by Crippen LogP contribution is -2.06. The molecular formula is C11H11ClN6O. The van der Waals surface area contributed by atoms with Crippen LogP contribution in [0.5, 0.6) is 0 Å². The van der Waals surface area contributed by atoms with E-state index < -0.39 is 0 Å². The van der Waals surface area contributed by atoms with Gasteiger partial charge in [-0.05, 0) is 13.0 Å². The molecule has 2 N–H and O–H groups in total. The van der Waals surface area contributed by atoms with Crippen LogP contribution in [0, 0.1) is 6.92 Å². The molecule has 0 spiro atoms. The lowest BCUT2D eigenvalue weighted by atomic mass is 10.4. The second kappa shape index (κ2) is 4.51. The van der Waals surface area contributed by atoms with E-state index in [2.05, 4.69) is 20.1 Å². The number of imidazole rings is 1. The van der Waals surface area contributed by atoms with Crippen molar-refractivity contribution in [1.82, 2.24) is 24.7 Å². The van der Waals surface area contributed by atoms with Crippen LogP contribution in [0.2, 0.25) is 5.02 Å². The van der Waals surface area contributed by atoms with Crippen molar-refractivity contribution in [3.63, 3.8) is 0 Å². The summed E-state index contributed by atoms with van der Waals surface area (Å²) in [5, 5.41) is 4.27. The van der Waals surface area contributed by atoms with Gasteiger partial charge in [0.2, 0.25) is 11.8 Å². The summed E-state index contributed by atoms with van der Waals surface area (Å²) >= 11 is 5.87. The number of hydrogen-bond acceptors (Lipinski definition) is 6. The average Bonchev–Trinajstić information content (AvgIpc) is 2.89. The second-order valence-electron chi connectivity index (χ2n) is 4.10. The third-order valence-corrected chi connectivity index (χ3v) is 2.91. The van der Waals surface area contributed by atoms with Gasteiger partial charge >= 0.3 is 0 Å². The number of nitrogen functional groups attached to an aromatic ring is 1. The zero-order valence-electron chi connectivity index (χ0n) is 10.2. The molecule has 7 nitrogen and oxygen atoms in total. The summed E-state index contributed by atoms with van der Waals surface area (Å²) in [6.07, 6.45) is 2.14. The van der Waals surface area contributed by atoms with Gasteiger partial charge in [0.15, 0.2) is 11.5 Å². The highest BCUT2D eigenvalue weighted by molar-refractivity contribution is 6.31. The Morgan fingerprint density at radius 2 is 2.26 bits per heavy atom. The first-order valence-electron chi connectivity index (χ1n) is 5.70. The van der Waals surface area contributed by atoms with Crippen LogP contribution in [0.3, 0.4) is 0 Å². The summed E-state index contributed by atoms with van der Waals surface area (Å²) in [7, 11) is 0. The van der Waals surface area contributed by atoms with Crippen LogP contribution < -0.4 is 5.73 Å². The zero-order valence-corrected chi connectivity index (χ0v) is 10.9. The van der Waals surface area contributed by atoms with Crippen molar-refractivity contribution in [2.45, 2.75) is 19.9 Å². The summed E-state index contributed by atoms with van der Waals surface area (Å²) in [5.74, 6) is 1.57. The molecule has 0 fully saturated rings. The second-order valence-corrected chi connectivity index (χ2v) is 4.54. The van der Waals surface area contributed by atoms with E-state index in [9.17, 15) is 0 Å². The van der Waals surface area contributed by atoms with Crippen LogP contribution in [0.1, 0.15) is 11.7 Å². The molecule has 3 aromatic heterocycles. The molecule has 0 aliphatic carbocycles. The van der Waals surface area contributed by atoms with Gasteiger partial charge in [-0.3, -0.25) is 4.57 Å². The molecule has 0 aliphatic rings. The van der Waals surface area contributed by atoms with Crippen molar-refractivity contribution in [3.05, 3.63) is 29.0 Å². The lowest BCUT2D eigenvalue weighted by Gasteiger charge is -2.02. The summed E-state index contributed by atoms with van der Waals surface area (Å²) in [4.78, 5) is 12.6. The van der Waals surface area contributed by atoms with E-state index in [1.807, 2.05) is 0 Å². The van der Waals surface area contributed by atoms with E-state index in [0.29, 0.717) is 46.8 Å². The van der Waals surface area contributed by atoms with Crippen LogP contribution in [0.4, 0.5) is 5.95 Å². The Morgan fingerprint density at radius 1 is 1.42 bits per heavy atom. The topological polar surface area (TPSA) is 95.7 Å². The van der Waals surface area contributed by atoms with Gasteiger partial charge in [0.25, 0.3) is 0 Å². The number of fused-ring (bicyclic) bond motifs is 1. The maximum absolute atomic E-state index is 5.87. The number of rotatable bonds is 3. The number of nitrogens with zero attached hydrogens (tertiary/aromatic N) is 5. The van der Waals surface area contributed by atoms with Gasteiger partial charge in [0.05, 0.1) is 5.02 Å². The van der Waals surface area contributed by atoms with Gasteiger partial charge in [-0.25, -0.2) is 9.97 Å². The molecular weight excluding hydrogens is 268 g/mol. The SMILES string of the molecule is Cc1noc(CCn2c(N)nc3cc(Cl)cnc32)n1. The number of aromatic nitrogens is 5. The fourth-order valence-corrected chi connectivity index (χ4v) is 2.03. The first-order chi connectivity index (χ1) is 9.13. The van der Waals surface area contributed by atoms with Crippen molar-refractivity contribution in [2.24, 2.45) is 0 Å². The molecule has 3 rings (SSSR count). The van der Waals surface area contributed by atoms with Crippen molar-refractivity contribution in [2.75, 3.05) is 5.73 Å². The molecule has 3 heterocycles. The van der Waals surface area contributed by atoms with Gasteiger partial charge in [0.1, 0.15) is 5.52 Å². The number of nitrogens with two attached hydrogens (primary N) is 1. The molecule has 0 aromatic carbocycles. The van der Waals surface area contributed by atoms with E-state index in [1.165, 1.54) is 0 Å². The van der Waals surface area contributed by atoms with Crippen LogP contribution in [-0.2, 0) is 13.0 Å². The first-order valence-corrected chi connectivity index (χ1v) is 6.08. The molecule has 0 amide bonds. The van der Waals surface area contributed by atoms with Crippen LogP contribution >= 0.6 is 11.6 Å². The Balaban J connectivity index is 1.90. The van der Waals surface area contributed by atoms with Gasteiger partial charge in [-0.2, -0.15) is 4.98 Å². The maximum atomic E-state index is 5.87. The number of halogens is 1. The van der Waals surface area contributed by atoms with Crippen molar-refractivity contribution >= 4 is 28.7 Å². The first kappa shape index (κ1) is 11.9. The Bertz CT molecular complexity index is 734. The Labute approximate surface area is 113 Å². The molecule has 0 unspecified atom stereocenters. The van der Waals surface area contributed by atoms with Crippen LogP contribution in [0.25, 0.3) is 11.2 Å². The minimum atomic E-state index is 0.390. The maximum Gasteiger partial charge on any atom is 0.228 e. The third kappa shape index (κ3) is 2.24. The molecule has 3 aromatic rings. The van der Waals surface area contributed by atoms with E-state index in [0.717, 1.165) is 0 Å². The monoisotopic (exact) mass is 278 g/mol. The summed E-state index contributed by atoms with van der Waals surface area (Å²) in [6, 6.07) is 1.73. The molecule has 0 bridgehead atoms. The van der Waals surface area contributed by atoms with E-state index >= 15 is 0 Å². The Hall–Kier alpha value is -2.15. The fourth-order valence-electron chi connectivity index (χ4n) is 1.87. The van der Waals surface area contributed by atoms with E-state index in [-0.39, 0.29) is 0 Å². The van der Waals surface area contributed by atoms with Crippen molar-refractivity contribution in [3.8, 4) is 0 Å². The number of anilines is 1. The highest BCUT2D eigenvalue weighted by Gasteiger charge is 2.11. The molecule has 19 heavy (non-hydrogen) atoms. The van der Waals surface area contributed by atoms with Gasteiger partial charge < -0.3 is 10.3 Å². The molecule has 0 atom stereocenters. The molecule has 0 saturated carbocycles. The fraction of sp³-hybridized carbons (Fsp3) is 0.273. The standard InChI is InChI=1S/C11H11ClN6O/c1-6-15-9(19-17-6)2-3-18-10-8(16-11(18)13)4-7(12)5-14-10/h4-5H,2-3H2,1H3,(H2,13,16). The van der Waals surface area contributed by atoms with Crippen LogP contribution in [-0.4, -0.2) is 24.7 Å². The predicted molar refractivity (Wildman–Crippen MR) is 69.7 cm³/mol. The molecule has 0 aliphatic heterocycles. The van der Waals surface area contributed by atoms with Crippen LogP contribution in [0.15, 0.2) is 16.8 Å². The summed E-state index contributed by atoms with van der Waals surface area (Å²) in [6.45, 7) is 2.34. The molecule has 8 heteroatoms. The summed E-state index contributed by atoms with van der Waals surface area (Å²) in [5.41, 5.74) is 7.24. The largest absolute Gasteiger partial charge is 0.369 e. The number of hydrogen-bond donors (Lipinski definition) is 1. The molecule has 0 saturated heterocycles. The zero-order chi connectivity index (χ0) is 13.4. The normalized spacial score (nSPS) is 11.3. The smallest absolute Gasteiger partial charge is 0.228 e. The van der Waals surface area contributed by atoms with E-state index in [4.69, 9.17) is 21.9 Å². The quantitative estimate of drug-likeness (QED) is 0.782. The lowest BCUT2D eigenvalue weighted by molar-refractivity contribution is 0.369. The summed E-state index contributed by atoms with van der Waals surface area (Å²) < 4.78 is 6.85. The number of aryl methyl sites for hydroxylation is 3. The van der Waals surface area contributed by atoms with Gasteiger partial charge in [-0.1, -0.05) is 16.8 Å². The molecule has 98 valence electrons. The molecule has 0 radical (unpaired) electrons. The Kier molecular flexibility index (Phi) is 2.83. The minimum absolute atomic E-state index is 0.390. The highest BCUT2D eigenvalue weighted by atomic mass is 35.5. The van der Waals surface area contributed by atoms with E-state index in [1.54, 1.807) is 23.8 Å².